The molecular weight excluding hydrogens is 302 g/mol. The van der Waals surface area contributed by atoms with Gasteiger partial charge in [0.2, 0.25) is 5.91 Å². The molecule has 7 heteroatoms. The highest BCUT2D eigenvalue weighted by Crippen LogP contribution is 2.38. The van der Waals surface area contributed by atoms with Crippen molar-refractivity contribution in [1.29, 1.82) is 0 Å². The van der Waals surface area contributed by atoms with Gasteiger partial charge in [-0.1, -0.05) is 0 Å². The summed E-state index contributed by atoms with van der Waals surface area (Å²) in [5, 5.41) is 11.5. The topological polar surface area (TPSA) is 64.3 Å². The average Bonchev–Trinajstić information content (AvgIpc) is 3.07. The van der Waals surface area contributed by atoms with Crippen LogP contribution >= 0.6 is 12.4 Å². The zero-order valence-electron chi connectivity index (χ0n) is 12.5. The molecular formula is C15H20ClN5O. The molecule has 2 N–H and O–H groups in total. The number of aromatic nitrogens is 2. The monoisotopic (exact) mass is 321 g/mol. The lowest BCUT2D eigenvalue weighted by molar-refractivity contribution is -0.131. The predicted molar refractivity (Wildman–Crippen MR) is 88.3 cm³/mol. The van der Waals surface area contributed by atoms with Gasteiger partial charge in [-0.2, -0.15) is 5.10 Å². The Balaban J connectivity index is 0.00000144. The standard InChI is InChI=1S/C15H19N5O.ClH/c1-19-10-20(15(14(19)21)4-6-16-7-5-15)12-2-3-13-11(8-12)9-17-18-13;/h2-3,8-9,16H,4-7,10H2,1H3,(H,17,18);1H. The molecule has 2 saturated heterocycles. The van der Waals surface area contributed by atoms with Gasteiger partial charge < -0.3 is 15.1 Å². The van der Waals surface area contributed by atoms with Crippen LogP contribution in [-0.2, 0) is 4.79 Å². The highest BCUT2D eigenvalue weighted by atomic mass is 35.5. The normalized spacial score (nSPS) is 20.7. The Morgan fingerprint density at radius 2 is 2.05 bits per heavy atom. The van der Waals surface area contributed by atoms with E-state index >= 15 is 0 Å². The summed E-state index contributed by atoms with van der Waals surface area (Å²) in [6.07, 6.45) is 3.55. The maximum Gasteiger partial charge on any atom is 0.249 e. The number of amides is 1. The van der Waals surface area contributed by atoms with Crippen LogP contribution in [0.15, 0.2) is 24.4 Å². The quantitative estimate of drug-likeness (QED) is 0.832. The van der Waals surface area contributed by atoms with Crippen LogP contribution in [0, 0.1) is 0 Å². The molecule has 0 aliphatic carbocycles. The number of carbonyl (C=O) groups is 1. The minimum atomic E-state index is -0.378. The van der Waals surface area contributed by atoms with Crippen LogP contribution in [-0.4, -0.2) is 53.3 Å². The van der Waals surface area contributed by atoms with Crippen molar-refractivity contribution in [2.45, 2.75) is 18.4 Å². The molecule has 2 aliphatic heterocycles. The molecule has 0 radical (unpaired) electrons. The summed E-state index contributed by atoms with van der Waals surface area (Å²) in [7, 11) is 1.89. The van der Waals surface area contributed by atoms with E-state index in [4.69, 9.17) is 0 Å². The van der Waals surface area contributed by atoms with Crippen molar-refractivity contribution >= 4 is 34.9 Å². The molecule has 6 nitrogen and oxygen atoms in total. The lowest BCUT2D eigenvalue weighted by atomic mass is 9.86. The Hall–Kier alpha value is -1.79. The second-order valence-electron chi connectivity index (χ2n) is 6.00. The van der Waals surface area contributed by atoms with Crippen LogP contribution in [0.2, 0.25) is 0 Å². The molecule has 2 aromatic rings. The summed E-state index contributed by atoms with van der Waals surface area (Å²) < 4.78 is 0. The minimum absolute atomic E-state index is 0. The van der Waals surface area contributed by atoms with Crippen molar-refractivity contribution in [1.82, 2.24) is 20.4 Å². The molecule has 3 heterocycles. The van der Waals surface area contributed by atoms with E-state index in [2.05, 4.69) is 32.5 Å². The van der Waals surface area contributed by atoms with E-state index in [1.165, 1.54) is 0 Å². The minimum Gasteiger partial charge on any atom is -0.339 e. The largest absolute Gasteiger partial charge is 0.339 e. The first-order valence-corrected chi connectivity index (χ1v) is 7.38. The number of H-pyrrole nitrogens is 1. The summed E-state index contributed by atoms with van der Waals surface area (Å²) in [6, 6.07) is 6.24. The maximum atomic E-state index is 12.7. The van der Waals surface area contributed by atoms with E-state index in [1.807, 2.05) is 24.2 Å². The highest BCUT2D eigenvalue weighted by molar-refractivity contribution is 5.94. The van der Waals surface area contributed by atoms with Crippen LogP contribution in [0.25, 0.3) is 10.9 Å². The number of rotatable bonds is 1. The molecule has 22 heavy (non-hydrogen) atoms. The number of benzene rings is 1. The summed E-state index contributed by atoms with van der Waals surface area (Å²) in [6.45, 7) is 2.44. The van der Waals surface area contributed by atoms with Gasteiger partial charge >= 0.3 is 0 Å². The highest BCUT2D eigenvalue weighted by Gasteiger charge is 2.51. The second kappa shape index (κ2) is 5.44. The molecule has 4 rings (SSSR count). The number of likely N-dealkylation sites (N-methyl/N-ethyl adjacent to an activating group) is 1. The number of nitrogens with zero attached hydrogens (tertiary/aromatic N) is 3. The lowest BCUT2D eigenvalue weighted by Gasteiger charge is -2.40. The van der Waals surface area contributed by atoms with Gasteiger partial charge in [0, 0.05) is 18.1 Å². The van der Waals surface area contributed by atoms with Gasteiger partial charge in [-0.25, -0.2) is 0 Å². The first-order chi connectivity index (χ1) is 10.2. The number of aromatic amines is 1. The van der Waals surface area contributed by atoms with Crippen LogP contribution in [0.1, 0.15) is 12.8 Å². The van der Waals surface area contributed by atoms with Crippen LogP contribution < -0.4 is 10.2 Å². The van der Waals surface area contributed by atoms with Gasteiger partial charge in [0.25, 0.3) is 0 Å². The number of nitrogens with one attached hydrogen (secondary N) is 2. The third-order valence-corrected chi connectivity index (χ3v) is 4.78. The van der Waals surface area contributed by atoms with E-state index in [-0.39, 0.29) is 23.9 Å². The Labute approximate surface area is 135 Å². The molecule has 0 atom stereocenters. The van der Waals surface area contributed by atoms with E-state index in [9.17, 15) is 4.79 Å². The Bertz CT molecular complexity index is 694. The fraction of sp³-hybridized carbons (Fsp3) is 0.467. The number of hydrogen-bond acceptors (Lipinski definition) is 4. The Morgan fingerprint density at radius 3 is 2.82 bits per heavy atom. The number of fused-ring (bicyclic) bond motifs is 1. The zero-order valence-corrected chi connectivity index (χ0v) is 13.3. The van der Waals surface area contributed by atoms with E-state index in [1.54, 1.807) is 0 Å². The van der Waals surface area contributed by atoms with Crippen molar-refractivity contribution in [3.8, 4) is 0 Å². The summed E-state index contributed by atoms with van der Waals surface area (Å²) >= 11 is 0. The summed E-state index contributed by atoms with van der Waals surface area (Å²) in [5.41, 5.74) is 1.75. The van der Waals surface area contributed by atoms with Gasteiger partial charge in [-0.05, 0) is 44.1 Å². The third kappa shape index (κ3) is 2.06. The van der Waals surface area contributed by atoms with Crippen LogP contribution in [0.5, 0.6) is 0 Å². The molecule has 2 aliphatic rings. The summed E-state index contributed by atoms with van der Waals surface area (Å²) in [5.74, 6) is 0.247. The molecule has 2 fully saturated rings. The lowest BCUT2D eigenvalue weighted by Crippen LogP contribution is -2.55. The predicted octanol–water partition coefficient (Wildman–Crippen LogP) is 1.34. The van der Waals surface area contributed by atoms with E-state index in [0.29, 0.717) is 6.67 Å². The fourth-order valence-corrected chi connectivity index (χ4v) is 3.63. The van der Waals surface area contributed by atoms with Crippen LogP contribution in [0.4, 0.5) is 5.69 Å². The van der Waals surface area contributed by atoms with Crippen molar-refractivity contribution in [3.05, 3.63) is 24.4 Å². The fourth-order valence-electron chi connectivity index (χ4n) is 3.63. The number of hydrogen-bond donors (Lipinski definition) is 2. The number of halogens is 1. The van der Waals surface area contributed by atoms with Crippen molar-refractivity contribution in [2.24, 2.45) is 0 Å². The maximum absolute atomic E-state index is 12.7. The van der Waals surface area contributed by atoms with Crippen LogP contribution in [0.3, 0.4) is 0 Å². The molecule has 1 aromatic carbocycles. The number of anilines is 1. The molecule has 118 valence electrons. The van der Waals surface area contributed by atoms with Crippen molar-refractivity contribution < 1.29 is 4.79 Å². The van der Waals surface area contributed by atoms with Gasteiger partial charge in [0.1, 0.15) is 5.54 Å². The second-order valence-corrected chi connectivity index (χ2v) is 6.00. The zero-order chi connectivity index (χ0) is 14.4. The Morgan fingerprint density at radius 1 is 1.27 bits per heavy atom. The van der Waals surface area contributed by atoms with Gasteiger partial charge in [0.05, 0.1) is 18.4 Å². The molecule has 1 aromatic heterocycles. The average molecular weight is 322 g/mol. The summed E-state index contributed by atoms with van der Waals surface area (Å²) in [4.78, 5) is 16.8. The third-order valence-electron chi connectivity index (χ3n) is 4.78. The molecule has 0 bridgehead atoms. The van der Waals surface area contributed by atoms with Crippen molar-refractivity contribution in [2.75, 3.05) is 31.7 Å². The number of carbonyl (C=O) groups excluding carboxylic acids is 1. The first-order valence-electron chi connectivity index (χ1n) is 7.38. The van der Waals surface area contributed by atoms with E-state index < -0.39 is 0 Å². The molecule has 0 unspecified atom stereocenters. The van der Waals surface area contributed by atoms with Crippen molar-refractivity contribution in [3.63, 3.8) is 0 Å². The molecule has 1 amide bonds. The molecule has 1 spiro atoms. The molecule has 0 saturated carbocycles. The smallest absolute Gasteiger partial charge is 0.249 e. The Kier molecular flexibility index (Phi) is 3.74. The van der Waals surface area contributed by atoms with E-state index in [0.717, 1.165) is 42.5 Å². The van der Waals surface area contributed by atoms with Gasteiger partial charge in [-0.3, -0.25) is 9.89 Å². The van der Waals surface area contributed by atoms with Gasteiger partial charge in [-0.15, -0.1) is 12.4 Å². The first kappa shape index (κ1) is 15.1. The number of piperidine rings is 1. The van der Waals surface area contributed by atoms with Gasteiger partial charge in [0.15, 0.2) is 0 Å². The SMILES string of the molecule is CN1CN(c2ccc3[nH]ncc3c2)C2(CCNCC2)C1=O.Cl.